The molecule has 0 spiro atoms. The average Bonchev–Trinajstić information content (AvgIpc) is 2.36. The summed E-state index contributed by atoms with van der Waals surface area (Å²) >= 11 is 0. The summed E-state index contributed by atoms with van der Waals surface area (Å²) in [5, 5.41) is 4.64. The molecule has 0 aromatic rings. The normalized spacial score (nSPS) is 11.3. The van der Waals surface area contributed by atoms with E-state index in [0.717, 1.165) is 0 Å². The van der Waals surface area contributed by atoms with Crippen molar-refractivity contribution in [3.05, 3.63) is 25.6 Å². The maximum Gasteiger partial charge on any atom is 0.411 e. The third kappa shape index (κ3) is 9.82. The van der Waals surface area contributed by atoms with Crippen LogP contribution in [0.2, 0.25) is 0 Å². The van der Waals surface area contributed by atoms with Crippen LogP contribution < -0.4 is 10.6 Å². The minimum Gasteiger partial charge on any atom is -0.449 e. The molecule has 126 valence electrons. The van der Waals surface area contributed by atoms with Crippen LogP contribution in [0.4, 0.5) is 9.59 Å². The van der Waals surface area contributed by atoms with E-state index < -0.39 is 23.4 Å². The predicted octanol–water partition coefficient (Wildman–Crippen LogP) is 2.69. The number of ether oxygens (including phenoxy) is 3. The molecule has 0 unspecified atom stereocenters. The van der Waals surface area contributed by atoms with E-state index in [2.05, 4.69) is 23.8 Å². The maximum atomic E-state index is 11.4. The molecule has 0 rings (SSSR count). The van der Waals surface area contributed by atoms with Gasteiger partial charge in [0.15, 0.2) is 0 Å². The van der Waals surface area contributed by atoms with Gasteiger partial charge in [0.05, 0.1) is 18.8 Å². The lowest BCUT2D eigenvalue weighted by atomic mass is 10.0. The van der Waals surface area contributed by atoms with Crippen molar-refractivity contribution in [3.8, 4) is 0 Å². The van der Waals surface area contributed by atoms with Gasteiger partial charge >= 0.3 is 12.2 Å². The van der Waals surface area contributed by atoms with E-state index in [4.69, 9.17) is 14.2 Å². The van der Waals surface area contributed by atoms with Crippen molar-refractivity contribution in [2.75, 3.05) is 13.2 Å². The molecule has 0 aliphatic carbocycles. The number of hydrogen-bond acceptors (Lipinski definition) is 5. The average molecular weight is 314 g/mol. The lowest BCUT2D eigenvalue weighted by Gasteiger charge is -2.31. The Morgan fingerprint density at radius 2 is 1.55 bits per heavy atom. The van der Waals surface area contributed by atoms with E-state index in [1.807, 2.05) is 13.8 Å². The molecule has 0 heterocycles. The largest absolute Gasteiger partial charge is 0.449 e. The Labute approximate surface area is 131 Å². The second-order valence-corrected chi connectivity index (χ2v) is 5.78. The third-order valence-electron chi connectivity index (χ3n) is 2.56. The van der Waals surface area contributed by atoms with Gasteiger partial charge in [-0.15, -0.1) is 0 Å². The molecule has 0 bridgehead atoms. The number of hydrogen-bond donors (Lipinski definition) is 2. The Bertz CT molecular complexity index is 405. The van der Waals surface area contributed by atoms with Gasteiger partial charge in [-0.05, 0) is 40.1 Å². The van der Waals surface area contributed by atoms with Crippen molar-refractivity contribution in [1.82, 2.24) is 10.6 Å². The highest BCUT2D eigenvalue weighted by molar-refractivity contribution is 5.68. The minimum absolute atomic E-state index is 0.198. The molecule has 0 aliphatic heterocycles. The molecule has 0 fully saturated rings. The van der Waals surface area contributed by atoms with Crippen LogP contribution in [-0.2, 0) is 14.2 Å². The quantitative estimate of drug-likeness (QED) is 0.683. The summed E-state index contributed by atoms with van der Waals surface area (Å²) in [5.74, 6) is 0. The van der Waals surface area contributed by atoms with Crippen LogP contribution in [0.5, 0.6) is 0 Å². The zero-order chi connectivity index (χ0) is 17.2. The van der Waals surface area contributed by atoms with Gasteiger partial charge in [-0.3, -0.25) is 10.6 Å². The second kappa shape index (κ2) is 9.09. The zero-order valence-corrected chi connectivity index (χ0v) is 13.7. The molecule has 22 heavy (non-hydrogen) atoms. The van der Waals surface area contributed by atoms with Gasteiger partial charge in [-0.2, -0.15) is 0 Å². The fourth-order valence-electron chi connectivity index (χ4n) is 1.35. The first-order valence-corrected chi connectivity index (χ1v) is 6.90. The lowest BCUT2D eigenvalue weighted by Crippen LogP contribution is -2.40. The van der Waals surface area contributed by atoms with Gasteiger partial charge in [-0.1, -0.05) is 13.2 Å². The molecule has 0 saturated heterocycles. The van der Waals surface area contributed by atoms with Crippen LogP contribution >= 0.6 is 0 Å². The predicted molar refractivity (Wildman–Crippen MR) is 83.2 cm³/mol. The van der Waals surface area contributed by atoms with Gasteiger partial charge in [0.25, 0.3) is 0 Å². The van der Waals surface area contributed by atoms with Crippen LogP contribution in [0.15, 0.2) is 25.6 Å². The van der Waals surface area contributed by atoms with Crippen molar-refractivity contribution >= 4 is 12.2 Å². The van der Waals surface area contributed by atoms with Gasteiger partial charge in [0, 0.05) is 6.42 Å². The van der Waals surface area contributed by atoms with Crippen LogP contribution in [0.25, 0.3) is 0 Å². The summed E-state index contributed by atoms with van der Waals surface area (Å²) in [6.07, 6.45) is 1.83. The zero-order valence-electron chi connectivity index (χ0n) is 13.7. The van der Waals surface area contributed by atoms with E-state index >= 15 is 0 Å². The highest BCUT2D eigenvalue weighted by Crippen LogP contribution is 2.19. The summed E-state index contributed by atoms with van der Waals surface area (Å²) in [6, 6.07) is 0. The van der Waals surface area contributed by atoms with E-state index in [1.54, 1.807) is 13.8 Å². The fourth-order valence-corrected chi connectivity index (χ4v) is 1.35. The van der Waals surface area contributed by atoms with Crippen LogP contribution in [0, 0.1) is 0 Å². The lowest BCUT2D eigenvalue weighted by molar-refractivity contribution is -0.100. The van der Waals surface area contributed by atoms with Crippen molar-refractivity contribution in [3.63, 3.8) is 0 Å². The number of alkyl carbamates (subject to hydrolysis) is 2. The minimum atomic E-state index is -0.800. The standard InChI is InChI=1S/C15H26N2O5/c1-7-16-12(18)20-10-9-14(3,4)21-11-15(5,6)22-13(19)17-8-2/h7-8H,1-2,9-11H2,3-6H3,(H,16,18)(H,17,19). The fraction of sp³-hybridized carbons (Fsp3) is 0.600. The van der Waals surface area contributed by atoms with Crippen LogP contribution in [0.3, 0.4) is 0 Å². The molecule has 0 radical (unpaired) electrons. The number of carbonyl (C=O) groups is 2. The van der Waals surface area contributed by atoms with E-state index in [1.165, 1.54) is 12.4 Å². The Hall–Kier alpha value is -2.02. The van der Waals surface area contributed by atoms with E-state index in [-0.39, 0.29) is 13.2 Å². The Morgan fingerprint density at radius 1 is 1.00 bits per heavy atom. The number of carbonyl (C=O) groups excluding carboxylic acids is 2. The SMILES string of the molecule is C=CNC(=O)OCCC(C)(C)OCC(C)(C)OC(=O)NC=C. The van der Waals surface area contributed by atoms with E-state index in [0.29, 0.717) is 6.42 Å². The monoisotopic (exact) mass is 314 g/mol. The maximum absolute atomic E-state index is 11.4. The van der Waals surface area contributed by atoms with Gasteiger partial charge in [0.1, 0.15) is 5.60 Å². The Kier molecular flexibility index (Phi) is 8.26. The van der Waals surface area contributed by atoms with Crippen molar-refractivity contribution in [2.24, 2.45) is 0 Å². The molecule has 0 atom stereocenters. The Morgan fingerprint density at radius 3 is 2.09 bits per heavy atom. The van der Waals surface area contributed by atoms with Gasteiger partial charge < -0.3 is 14.2 Å². The molecule has 0 saturated carbocycles. The van der Waals surface area contributed by atoms with Crippen LogP contribution in [0.1, 0.15) is 34.1 Å². The molecule has 7 heteroatoms. The first-order chi connectivity index (χ1) is 10.1. The summed E-state index contributed by atoms with van der Waals surface area (Å²) in [6.45, 7) is 14.3. The topological polar surface area (TPSA) is 85.9 Å². The molecule has 0 aliphatic rings. The summed E-state index contributed by atoms with van der Waals surface area (Å²) in [7, 11) is 0. The summed E-state index contributed by atoms with van der Waals surface area (Å²) < 4.78 is 15.9. The van der Waals surface area contributed by atoms with Crippen molar-refractivity contribution in [2.45, 2.75) is 45.3 Å². The van der Waals surface area contributed by atoms with Crippen molar-refractivity contribution in [1.29, 1.82) is 0 Å². The molecule has 2 amide bonds. The Balaban J connectivity index is 4.18. The molecule has 2 N–H and O–H groups in total. The molecular formula is C15H26N2O5. The summed E-state index contributed by atoms with van der Waals surface area (Å²) in [4.78, 5) is 22.5. The third-order valence-corrected chi connectivity index (χ3v) is 2.56. The number of rotatable bonds is 9. The summed E-state index contributed by atoms with van der Waals surface area (Å²) in [5.41, 5.74) is -1.34. The highest BCUT2D eigenvalue weighted by atomic mass is 16.6. The van der Waals surface area contributed by atoms with Crippen LogP contribution in [-0.4, -0.2) is 36.6 Å². The molecule has 0 aromatic carbocycles. The number of nitrogens with one attached hydrogen (secondary N) is 2. The van der Waals surface area contributed by atoms with Gasteiger partial charge in [0.2, 0.25) is 0 Å². The van der Waals surface area contributed by atoms with E-state index in [9.17, 15) is 9.59 Å². The van der Waals surface area contributed by atoms with Crippen molar-refractivity contribution < 1.29 is 23.8 Å². The highest BCUT2D eigenvalue weighted by Gasteiger charge is 2.28. The van der Waals surface area contributed by atoms with Gasteiger partial charge in [-0.25, -0.2) is 9.59 Å². The smallest absolute Gasteiger partial charge is 0.411 e. The molecule has 0 aromatic heterocycles. The number of amides is 2. The second-order valence-electron chi connectivity index (χ2n) is 5.78. The first kappa shape index (κ1) is 20.0. The first-order valence-electron chi connectivity index (χ1n) is 6.90. The molecule has 7 nitrogen and oxygen atoms in total. The molecular weight excluding hydrogens is 288 g/mol.